The van der Waals surface area contributed by atoms with Crippen molar-refractivity contribution in [2.24, 2.45) is 5.73 Å². The fraction of sp³-hybridized carbons (Fsp3) is 0.500. The Morgan fingerprint density at radius 2 is 2.12 bits per heavy atom. The van der Waals surface area contributed by atoms with Crippen LogP contribution < -0.4 is 5.73 Å². The maximum Gasteiger partial charge on any atom is 0.227 e. The van der Waals surface area contributed by atoms with Crippen LogP contribution in [0.15, 0.2) is 0 Å². The highest BCUT2D eigenvalue weighted by Crippen LogP contribution is 1.97. The van der Waals surface area contributed by atoms with Gasteiger partial charge in [-0.2, -0.15) is 0 Å². The Morgan fingerprint density at radius 1 is 1.62 bits per heavy atom. The number of carbonyl (C=O) groups is 2. The maximum absolute atomic E-state index is 10.1. The van der Waals surface area contributed by atoms with Gasteiger partial charge < -0.3 is 5.73 Å². The van der Waals surface area contributed by atoms with Crippen LogP contribution >= 0.6 is 11.8 Å². The van der Waals surface area contributed by atoms with Gasteiger partial charge in [0.25, 0.3) is 0 Å². The van der Waals surface area contributed by atoms with E-state index in [-0.39, 0.29) is 10.9 Å². The lowest BCUT2D eigenvalue weighted by atomic mass is 10.8. The van der Waals surface area contributed by atoms with E-state index in [1.54, 1.807) is 0 Å². The molecule has 0 atom stereocenters. The lowest BCUT2D eigenvalue weighted by Gasteiger charge is -1.87. The van der Waals surface area contributed by atoms with Gasteiger partial charge >= 0.3 is 0 Å². The first kappa shape index (κ1) is 7.49. The monoisotopic (exact) mass is 133 g/mol. The van der Waals surface area contributed by atoms with Crippen LogP contribution in [0.5, 0.6) is 0 Å². The predicted octanol–water partition coefficient (Wildman–Crippen LogP) is -0.249. The van der Waals surface area contributed by atoms with Crippen molar-refractivity contribution in [3.8, 4) is 0 Å². The molecule has 0 aromatic heterocycles. The molecule has 0 rings (SSSR count). The van der Waals surface area contributed by atoms with Crippen molar-refractivity contribution in [1.82, 2.24) is 0 Å². The normalized spacial score (nSPS) is 8.62. The standard InChI is InChI=1S/C4H7NO2S/c1-3(6)8-2-4(5)7/h2H2,1H3,(H2,5,7). The van der Waals surface area contributed by atoms with Crippen LogP contribution in [-0.4, -0.2) is 16.8 Å². The minimum absolute atomic E-state index is 0.0798. The molecule has 0 heterocycles. The molecule has 0 unspecified atom stereocenters. The van der Waals surface area contributed by atoms with Crippen LogP contribution in [0.3, 0.4) is 0 Å². The average Bonchev–Trinajstić information content (AvgIpc) is 1.61. The van der Waals surface area contributed by atoms with E-state index in [2.05, 4.69) is 0 Å². The third kappa shape index (κ3) is 5.49. The molecule has 0 aromatic carbocycles. The summed E-state index contributed by atoms with van der Waals surface area (Å²) in [7, 11) is 0. The second-order valence-corrected chi connectivity index (χ2v) is 2.40. The van der Waals surface area contributed by atoms with E-state index in [1.807, 2.05) is 0 Å². The number of amides is 1. The number of primary amides is 1. The summed E-state index contributed by atoms with van der Waals surface area (Å²) in [6, 6.07) is 0. The molecule has 0 aliphatic carbocycles. The van der Waals surface area contributed by atoms with Crippen molar-refractivity contribution in [2.75, 3.05) is 5.75 Å². The largest absolute Gasteiger partial charge is 0.369 e. The predicted molar refractivity (Wildman–Crippen MR) is 32.3 cm³/mol. The Bertz CT molecular complexity index is 98.6. The molecule has 0 radical (unpaired) electrons. The lowest BCUT2D eigenvalue weighted by molar-refractivity contribution is -0.116. The summed E-state index contributed by atoms with van der Waals surface area (Å²) in [5, 5.41) is -0.0798. The smallest absolute Gasteiger partial charge is 0.227 e. The first-order valence-electron chi connectivity index (χ1n) is 2.04. The van der Waals surface area contributed by atoms with Gasteiger partial charge in [0.2, 0.25) is 5.91 Å². The van der Waals surface area contributed by atoms with Crippen LogP contribution in [0.4, 0.5) is 0 Å². The summed E-state index contributed by atoms with van der Waals surface area (Å²) in [6.07, 6.45) is 0. The molecule has 0 aliphatic heterocycles. The van der Waals surface area contributed by atoms with Gasteiger partial charge in [-0.05, 0) is 0 Å². The quantitative estimate of drug-likeness (QED) is 0.565. The second-order valence-electron chi connectivity index (χ2n) is 1.25. The van der Waals surface area contributed by atoms with E-state index in [9.17, 15) is 9.59 Å². The number of thioether (sulfide) groups is 1. The third-order valence-corrected chi connectivity index (χ3v) is 1.25. The Hall–Kier alpha value is -0.510. The molecule has 0 aliphatic rings. The number of carbonyl (C=O) groups excluding carboxylic acids is 2. The van der Waals surface area contributed by atoms with Crippen LogP contribution in [0.2, 0.25) is 0 Å². The molecule has 8 heavy (non-hydrogen) atoms. The van der Waals surface area contributed by atoms with Crippen LogP contribution in [0.25, 0.3) is 0 Å². The van der Waals surface area contributed by atoms with Crippen molar-refractivity contribution in [1.29, 1.82) is 0 Å². The van der Waals surface area contributed by atoms with Gasteiger partial charge in [-0.25, -0.2) is 0 Å². The van der Waals surface area contributed by atoms with Gasteiger partial charge in [0, 0.05) is 6.92 Å². The molecule has 4 heteroatoms. The highest BCUT2D eigenvalue weighted by Gasteiger charge is 1.96. The molecule has 0 aromatic rings. The number of nitrogens with two attached hydrogens (primary N) is 1. The van der Waals surface area contributed by atoms with Crippen LogP contribution in [-0.2, 0) is 9.59 Å². The number of hydrogen-bond acceptors (Lipinski definition) is 3. The van der Waals surface area contributed by atoms with E-state index in [0.717, 1.165) is 11.8 Å². The first-order valence-corrected chi connectivity index (χ1v) is 3.03. The molecule has 2 N–H and O–H groups in total. The molecular weight excluding hydrogens is 126 g/mol. The van der Waals surface area contributed by atoms with Crippen LogP contribution in [0, 0.1) is 0 Å². The van der Waals surface area contributed by atoms with Crippen molar-refractivity contribution >= 4 is 22.8 Å². The van der Waals surface area contributed by atoms with E-state index in [0.29, 0.717) is 0 Å². The van der Waals surface area contributed by atoms with Gasteiger partial charge in [0.15, 0.2) is 5.12 Å². The first-order chi connectivity index (χ1) is 3.63. The highest BCUT2D eigenvalue weighted by atomic mass is 32.2. The Labute approximate surface area is 51.6 Å². The van der Waals surface area contributed by atoms with Crippen LogP contribution in [0.1, 0.15) is 6.92 Å². The third-order valence-electron chi connectivity index (χ3n) is 0.418. The maximum atomic E-state index is 10.1. The van der Waals surface area contributed by atoms with Crippen molar-refractivity contribution in [2.45, 2.75) is 6.92 Å². The minimum atomic E-state index is -0.454. The molecule has 0 saturated carbocycles. The number of hydrogen-bond donors (Lipinski definition) is 1. The zero-order valence-electron chi connectivity index (χ0n) is 4.51. The average molecular weight is 133 g/mol. The Balaban J connectivity index is 3.18. The molecule has 0 bridgehead atoms. The van der Waals surface area contributed by atoms with Crippen molar-refractivity contribution in [3.05, 3.63) is 0 Å². The summed E-state index contributed by atoms with van der Waals surface area (Å²) < 4.78 is 0. The Morgan fingerprint density at radius 3 is 2.25 bits per heavy atom. The molecular formula is C4H7NO2S. The van der Waals surface area contributed by atoms with Crippen molar-refractivity contribution < 1.29 is 9.59 Å². The van der Waals surface area contributed by atoms with E-state index < -0.39 is 5.91 Å². The van der Waals surface area contributed by atoms with Crippen molar-refractivity contribution in [3.63, 3.8) is 0 Å². The summed E-state index contributed by atoms with van der Waals surface area (Å²) in [5.74, 6) is -0.361. The lowest BCUT2D eigenvalue weighted by Crippen LogP contribution is -2.13. The molecule has 3 nitrogen and oxygen atoms in total. The van der Waals surface area contributed by atoms with E-state index in [4.69, 9.17) is 5.73 Å². The zero-order valence-corrected chi connectivity index (χ0v) is 5.33. The topological polar surface area (TPSA) is 60.2 Å². The Kier molecular flexibility index (Phi) is 3.26. The minimum Gasteiger partial charge on any atom is -0.369 e. The molecule has 46 valence electrons. The van der Waals surface area contributed by atoms with Gasteiger partial charge in [0.1, 0.15) is 0 Å². The fourth-order valence-electron chi connectivity index (χ4n) is 0.173. The number of rotatable bonds is 2. The molecule has 0 saturated heterocycles. The van der Waals surface area contributed by atoms with E-state index >= 15 is 0 Å². The van der Waals surface area contributed by atoms with Gasteiger partial charge in [-0.15, -0.1) is 0 Å². The summed E-state index contributed by atoms with van der Waals surface area (Å²) in [6.45, 7) is 1.40. The summed E-state index contributed by atoms with van der Waals surface area (Å²) >= 11 is 0.926. The molecule has 1 amide bonds. The molecule has 0 fully saturated rings. The SMILES string of the molecule is CC(=O)SCC(N)=O. The van der Waals surface area contributed by atoms with E-state index in [1.165, 1.54) is 6.92 Å². The summed E-state index contributed by atoms with van der Waals surface area (Å²) in [4.78, 5) is 20.1. The second kappa shape index (κ2) is 3.49. The van der Waals surface area contributed by atoms with Gasteiger partial charge in [-0.3, -0.25) is 9.59 Å². The highest BCUT2D eigenvalue weighted by molar-refractivity contribution is 8.14. The fourth-order valence-corrected chi connectivity index (χ4v) is 0.518. The zero-order chi connectivity index (χ0) is 6.57. The van der Waals surface area contributed by atoms with Gasteiger partial charge in [0.05, 0.1) is 5.75 Å². The summed E-state index contributed by atoms with van der Waals surface area (Å²) in [5.41, 5.74) is 4.73. The van der Waals surface area contributed by atoms with Gasteiger partial charge in [-0.1, -0.05) is 11.8 Å². The molecule has 0 spiro atoms.